The highest BCUT2D eigenvalue weighted by molar-refractivity contribution is 5.41. The minimum absolute atomic E-state index is 0.00564. The highest BCUT2D eigenvalue weighted by Crippen LogP contribution is 2.25. The van der Waals surface area contributed by atoms with Crippen LogP contribution in [-0.4, -0.2) is 46.6 Å². The second-order valence-electron chi connectivity index (χ2n) is 5.69. The van der Waals surface area contributed by atoms with Gasteiger partial charge < -0.3 is 19.8 Å². The molecule has 0 bridgehead atoms. The van der Waals surface area contributed by atoms with Crippen molar-refractivity contribution in [1.29, 1.82) is 0 Å². The third kappa shape index (κ3) is 3.43. The number of anilines is 1. The average molecular weight is 266 g/mol. The Bertz CT molecular complexity index is 417. The number of ether oxygens (including phenoxy) is 1. The molecule has 2 N–H and O–H groups in total. The van der Waals surface area contributed by atoms with E-state index in [1.54, 1.807) is 13.1 Å². The molecule has 2 atom stereocenters. The van der Waals surface area contributed by atoms with Gasteiger partial charge in [0.15, 0.2) is 0 Å². The Hall–Kier alpha value is -1.17. The number of hydrogen-bond donors (Lipinski definition) is 2. The highest BCUT2D eigenvalue weighted by atomic mass is 16.5. The van der Waals surface area contributed by atoms with Crippen LogP contribution in [0.15, 0.2) is 18.3 Å². The van der Waals surface area contributed by atoms with E-state index >= 15 is 0 Å². The minimum atomic E-state index is -0.507. The molecule has 106 valence electrons. The van der Waals surface area contributed by atoms with Gasteiger partial charge in [0.25, 0.3) is 0 Å². The lowest BCUT2D eigenvalue weighted by Gasteiger charge is -2.42. The Morgan fingerprint density at radius 2 is 2.26 bits per heavy atom. The zero-order valence-corrected chi connectivity index (χ0v) is 11.7. The van der Waals surface area contributed by atoms with Crippen LogP contribution in [0.4, 0.5) is 5.82 Å². The monoisotopic (exact) mass is 266 g/mol. The lowest BCUT2D eigenvalue weighted by molar-refractivity contribution is -0.101. The van der Waals surface area contributed by atoms with E-state index in [9.17, 15) is 10.2 Å². The quantitative estimate of drug-likeness (QED) is 0.858. The van der Waals surface area contributed by atoms with E-state index in [0.717, 1.165) is 17.9 Å². The second-order valence-corrected chi connectivity index (χ2v) is 5.69. The van der Waals surface area contributed by atoms with Crippen molar-refractivity contribution in [2.45, 2.75) is 38.6 Å². The molecule has 2 unspecified atom stereocenters. The van der Waals surface area contributed by atoms with Crippen molar-refractivity contribution in [1.82, 2.24) is 4.98 Å². The molecule has 1 saturated heterocycles. The molecule has 0 radical (unpaired) electrons. The van der Waals surface area contributed by atoms with Gasteiger partial charge in [0.1, 0.15) is 5.82 Å². The van der Waals surface area contributed by atoms with E-state index in [2.05, 4.69) is 9.88 Å². The molecule has 0 amide bonds. The molecule has 0 spiro atoms. The van der Waals surface area contributed by atoms with Crippen LogP contribution in [0.2, 0.25) is 0 Å². The fourth-order valence-corrected chi connectivity index (χ4v) is 2.40. The van der Waals surface area contributed by atoms with Crippen molar-refractivity contribution in [3.63, 3.8) is 0 Å². The Kier molecular flexibility index (Phi) is 4.08. The molecule has 1 aromatic heterocycles. The summed E-state index contributed by atoms with van der Waals surface area (Å²) >= 11 is 0. The van der Waals surface area contributed by atoms with E-state index in [1.165, 1.54) is 0 Å². The molecular formula is C14H22N2O3. The smallest absolute Gasteiger partial charge is 0.128 e. The summed E-state index contributed by atoms with van der Waals surface area (Å²) in [7, 11) is 0. The zero-order valence-electron chi connectivity index (χ0n) is 11.7. The molecule has 1 fully saturated rings. The van der Waals surface area contributed by atoms with Gasteiger partial charge in [-0.1, -0.05) is 6.07 Å². The summed E-state index contributed by atoms with van der Waals surface area (Å²) in [6.45, 7) is 7.09. The maximum Gasteiger partial charge on any atom is 0.128 e. The lowest BCUT2D eigenvalue weighted by atomic mass is 10.1. The van der Waals surface area contributed by atoms with Gasteiger partial charge in [-0.15, -0.1) is 0 Å². The summed E-state index contributed by atoms with van der Waals surface area (Å²) in [5.41, 5.74) is 0.492. The summed E-state index contributed by atoms with van der Waals surface area (Å²) in [6, 6.07) is 3.78. The Labute approximate surface area is 113 Å². The van der Waals surface area contributed by atoms with E-state index in [0.29, 0.717) is 6.54 Å². The number of nitrogens with zero attached hydrogens (tertiary/aromatic N) is 2. The summed E-state index contributed by atoms with van der Waals surface area (Å²) < 4.78 is 5.78. The Morgan fingerprint density at radius 3 is 2.79 bits per heavy atom. The van der Waals surface area contributed by atoms with Crippen LogP contribution in [0, 0.1) is 0 Å². The van der Waals surface area contributed by atoms with E-state index < -0.39 is 6.10 Å². The number of morpholine rings is 1. The number of hydrogen-bond acceptors (Lipinski definition) is 5. The van der Waals surface area contributed by atoms with Gasteiger partial charge in [-0.3, -0.25) is 0 Å². The summed E-state index contributed by atoms with van der Waals surface area (Å²) in [6.07, 6.45) is 0.992. The number of aliphatic hydroxyl groups is 2. The topological polar surface area (TPSA) is 65.8 Å². The van der Waals surface area contributed by atoms with Gasteiger partial charge in [0, 0.05) is 19.3 Å². The maximum atomic E-state index is 9.48. The molecular weight excluding hydrogens is 244 g/mol. The normalized spacial score (nSPS) is 24.3. The first-order chi connectivity index (χ1) is 8.91. The van der Waals surface area contributed by atoms with Crippen molar-refractivity contribution in [3.05, 3.63) is 23.9 Å². The van der Waals surface area contributed by atoms with Gasteiger partial charge in [0.2, 0.25) is 0 Å². The predicted octanol–water partition coefficient (Wildman–Crippen LogP) is 1.11. The highest BCUT2D eigenvalue weighted by Gasteiger charge is 2.33. The van der Waals surface area contributed by atoms with Gasteiger partial charge in [-0.05, 0) is 32.4 Å². The molecule has 1 aliphatic heterocycles. The third-order valence-corrected chi connectivity index (χ3v) is 3.26. The van der Waals surface area contributed by atoms with Crippen molar-refractivity contribution < 1.29 is 14.9 Å². The number of aliphatic hydroxyl groups excluding tert-OH is 2. The number of pyridine rings is 1. The predicted molar refractivity (Wildman–Crippen MR) is 73.1 cm³/mol. The molecule has 2 rings (SSSR count). The largest absolute Gasteiger partial charge is 0.394 e. The molecule has 5 heteroatoms. The first-order valence-electron chi connectivity index (χ1n) is 6.59. The van der Waals surface area contributed by atoms with Crippen LogP contribution >= 0.6 is 0 Å². The minimum Gasteiger partial charge on any atom is -0.394 e. The molecule has 0 aliphatic carbocycles. The van der Waals surface area contributed by atoms with Gasteiger partial charge in [-0.2, -0.15) is 0 Å². The van der Waals surface area contributed by atoms with Crippen LogP contribution in [0.25, 0.3) is 0 Å². The van der Waals surface area contributed by atoms with E-state index in [1.807, 2.05) is 26.0 Å². The molecule has 2 heterocycles. The standard InChI is InChI=1S/C14H22N2O3/c1-10(18)11-4-5-13(15-6-11)16-7-12(8-17)19-14(2,3)9-16/h4-6,10,12,17-18H,7-9H2,1-3H3. The van der Waals surface area contributed by atoms with Crippen LogP contribution < -0.4 is 4.90 Å². The third-order valence-electron chi connectivity index (χ3n) is 3.26. The van der Waals surface area contributed by atoms with Crippen molar-refractivity contribution >= 4 is 5.82 Å². The van der Waals surface area contributed by atoms with Gasteiger partial charge >= 0.3 is 0 Å². The molecule has 5 nitrogen and oxygen atoms in total. The second kappa shape index (κ2) is 5.45. The number of rotatable bonds is 3. The van der Waals surface area contributed by atoms with Crippen molar-refractivity contribution in [3.8, 4) is 0 Å². The average Bonchev–Trinajstić information content (AvgIpc) is 2.37. The first-order valence-corrected chi connectivity index (χ1v) is 6.59. The van der Waals surface area contributed by atoms with Crippen LogP contribution in [0.3, 0.4) is 0 Å². The van der Waals surface area contributed by atoms with E-state index in [-0.39, 0.29) is 18.3 Å². The summed E-state index contributed by atoms with van der Waals surface area (Å²) in [5.74, 6) is 0.847. The molecule has 0 saturated carbocycles. The SMILES string of the molecule is CC(O)c1ccc(N2CC(CO)OC(C)(C)C2)nc1. The van der Waals surface area contributed by atoms with Crippen molar-refractivity contribution in [2.75, 3.05) is 24.6 Å². The molecule has 19 heavy (non-hydrogen) atoms. The first kappa shape index (κ1) is 14.2. The van der Waals surface area contributed by atoms with Gasteiger partial charge in [-0.25, -0.2) is 4.98 Å². The number of aromatic nitrogens is 1. The molecule has 1 aromatic rings. The summed E-state index contributed by atoms with van der Waals surface area (Å²) in [4.78, 5) is 6.49. The van der Waals surface area contributed by atoms with E-state index in [4.69, 9.17) is 4.74 Å². The zero-order chi connectivity index (χ0) is 14.0. The van der Waals surface area contributed by atoms with Crippen LogP contribution in [0.5, 0.6) is 0 Å². The molecule has 1 aliphatic rings. The fourth-order valence-electron chi connectivity index (χ4n) is 2.40. The fraction of sp³-hybridized carbons (Fsp3) is 0.643. The van der Waals surface area contributed by atoms with Crippen LogP contribution in [-0.2, 0) is 4.74 Å². The van der Waals surface area contributed by atoms with Gasteiger partial charge in [0.05, 0.1) is 24.4 Å². The van der Waals surface area contributed by atoms with Crippen molar-refractivity contribution in [2.24, 2.45) is 0 Å². The summed E-state index contributed by atoms with van der Waals surface area (Å²) in [5, 5.41) is 18.8. The maximum absolute atomic E-state index is 9.48. The lowest BCUT2D eigenvalue weighted by Crippen LogP contribution is -2.54. The Balaban J connectivity index is 2.16. The van der Waals surface area contributed by atoms with Crippen LogP contribution in [0.1, 0.15) is 32.4 Å². The molecule has 0 aromatic carbocycles. The Morgan fingerprint density at radius 1 is 1.53 bits per heavy atom.